The van der Waals surface area contributed by atoms with Gasteiger partial charge in [-0.2, -0.15) is 0 Å². The Hall–Kier alpha value is -3.75. The highest BCUT2D eigenvalue weighted by Gasteiger charge is 2.50. The first kappa shape index (κ1) is 24.9. The Morgan fingerprint density at radius 1 is 1.08 bits per heavy atom. The molecule has 2 amide bonds. The minimum atomic E-state index is -0.545. The monoisotopic (exact) mass is 500 g/mol. The molecule has 8 heteroatoms. The summed E-state index contributed by atoms with van der Waals surface area (Å²) in [7, 11) is 3.40. The summed E-state index contributed by atoms with van der Waals surface area (Å²) >= 11 is 0. The van der Waals surface area contributed by atoms with Gasteiger partial charge in [-0.15, -0.1) is 0 Å². The van der Waals surface area contributed by atoms with Gasteiger partial charge in [0.2, 0.25) is 5.91 Å². The number of hydrogen-bond donors (Lipinski definition) is 3. The van der Waals surface area contributed by atoms with Crippen molar-refractivity contribution in [3.8, 4) is 11.1 Å². The van der Waals surface area contributed by atoms with E-state index in [1.165, 1.54) is 4.90 Å². The normalized spacial score (nSPS) is 22.7. The highest BCUT2D eigenvalue weighted by Crippen LogP contribution is 2.43. The number of pyridine rings is 1. The number of aromatic nitrogens is 1. The molecule has 1 fully saturated rings. The molecular formula is C29H32N4O4. The van der Waals surface area contributed by atoms with Crippen LogP contribution >= 0.6 is 0 Å². The minimum absolute atomic E-state index is 0.0733. The third kappa shape index (κ3) is 4.47. The highest BCUT2D eigenvalue weighted by atomic mass is 16.3. The lowest BCUT2D eigenvalue weighted by Crippen LogP contribution is -2.46. The first-order chi connectivity index (χ1) is 17.8. The van der Waals surface area contributed by atoms with Crippen molar-refractivity contribution in [2.45, 2.75) is 31.6 Å². The molecule has 0 spiro atoms. The fourth-order valence-electron chi connectivity index (χ4n) is 5.65. The molecule has 0 bridgehead atoms. The number of carbonyl (C=O) groups excluding carboxylic acids is 2. The molecule has 37 heavy (non-hydrogen) atoms. The summed E-state index contributed by atoms with van der Waals surface area (Å²) in [6.07, 6.45) is 0. The molecule has 5 rings (SSSR count). The van der Waals surface area contributed by atoms with Gasteiger partial charge >= 0.3 is 0 Å². The van der Waals surface area contributed by atoms with Gasteiger partial charge in [0.1, 0.15) is 0 Å². The van der Waals surface area contributed by atoms with E-state index >= 15 is 0 Å². The summed E-state index contributed by atoms with van der Waals surface area (Å²) in [5, 5.41) is 16.7. The molecule has 2 aromatic carbocycles. The van der Waals surface area contributed by atoms with E-state index in [0.29, 0.717) is 17.7 Å². The number of aliphatic hydroxyl groups is 1. The van der Waals surface area contributed by atoms with E-state index in [1.807, 2.05) is 43.3 Å². The van der Waals surface area contributed by atoms with Gasteiger partial charge in [0.15, 0.2) is 0 Å². The molecule has 0 radical (unpaired) electrons. The molecule has 0 saturated carbocycles. The molecule has 8 nitrogen and oxygen atoms in total. The Balaban J connectivity index is 1.36. The number of nitrogens with zero attached hydrogens (tertiary/aromatic N) is 2. The molecule has 192 valence electrons. The second-order valence-corrected chi connectivity index (χ2v) is 10.1. The summed E-state index contributed by atoms with van der Waals surface area (Å²) < 4.78 is 1.75. The average Bonchev–Trinajstić information content (AvgIpc) is 3.46. The van der Waals surface area contributed by atoms with Crippen molar-refractivity contribution in [1.29, 1.82) is 0 Å². The number of aliphatic hydroxyl groups excluding tert-OH is 1. The van der Waals surface area contributed by atoms with Gasteiger partial charge in [0.25, 0.3) is 11.5 Å². The van der Waals surface area contributed by atoms with Crippen molar-refractivity contribution in [3.05, 3.63) is 93.9 Å². The smallest absolute Gasteiger partial charge is 0.258 e. The summed E-state index contributed by atoms with van der Waals surface area (Å²) in [5.74, 6) is -0.631. The second kappa shape index (κ2) is 9.95. The van der Waals surface area contributed by atoms with Crippen LogP contribution < -0.4 is 16.2 Å². The predicted octanol–water partition coefficient (Wildman–Crippen LogP) is 2.35. The number of amides is 2. The Kier molecular flexibility index (Phi) is 6.70. The predicted molar refractivity (Wildman–Crippen MR) is 141 cm³/mol. The first-order valence-electron chi connectivity index (χ1n) is 12.6. The maximum absolute atomic E-state index is 13.5. The number of benzene rings is 2. The van der Waals surface area contributed by atoms with Crippen LogP contribution in [-0.4, -0.2) is 53.1 Å². The number of rotatable bonds is 6. The topological polar surface area (TPSA) is 104 Å². The van der Waals surface area contributed by atoms with Gasteiger partial charge in [-0.25, -0.2) is 0 Å². The van der Waals surface area contributed by atoms with Crippen LogP contribution in [0.25, 0.3) is 11.1 Å². The zero-order chi connectivity index (χ0) is 26.3. The summed E-state index contributed by atoms with van der Waals surface area (Å²) in [6, 6.07) is 19.6. The van der Waals surface area contributed by atoms with Crippen LogP contribution in [0.15, 0.2) is 71.5 Å². The molecule has 0 aliphatic carbocycles. The van der Waals surface area contributed by atoms with Gasteiger partial charge in [-0.05, 0) is 42.3 Å². The third-order valence-electron chi connectivity index (χ3n) is 7.69. The van der Waals surface area contributed by atoms with Crippen LogP contribution in [0.5, 0.6) is 0 Å². The Labute approximate surface area is 215 Å². The summed E-state index contributed by atoms with van der Waals surface area (Å²) in [6.45, 7) is 2.22. The van der Waals surface area contributed by atoms with Crippen molar-refractivity contribution in [2.75, 3.05) is 20.7 Å². The quantitative estimate of drug-likeness (QED) is 0.482. The molecule has 3 heterocycles. The standard InChI is InChI=1S/C29H32N4O4/c1-17(18-7-5-4-6-8-18)30-27(35)26-23(16-34)22-15-33-24(25(22)31-26)14-13-21(29(33)37)19-9-11-20(12-10-19)28(36)32(2)3/h4-14,17,22-23,25-26,31,34H,15-16H2,1-3H3,(H,30,35)/t17-,22-,23-,25+,26-/m0/s1. The van der Waals surface area contributed by atoms with Crippen LogP contribution in [-0.2, 0) is 11.3 Å². The van der Waals surface area contributed by atoms with E-state index in [9.17, 15) is 19.5 Å². The number of nitrogens with one attached hydrogen (secondary N) is 2. The average molecular weight is 501 g/mol. The minimum Gasteiger partial charge on any atom is -0.396 e. The van der Waals surface area contributed by atoms with Gasteiger partial charge < -0.3 is 19.9 Å². The fraction of sp³-hybridized carbons (Fsp3) is 0.345. The lowest BCUT2D eigenvalue weighted by Gasteiger charge is -2.23. The van der Waals surface area contributed by atoms with Crippen molar-refractivity contribution in [2.24, 2.45) is 11.8 Å². The lowest BCUT2D eigenvalue weighted by atomic mass is 9.88. The van der Waals surface area contributed by atoms with E-state index in [4.69, 9.17) is 0 Å². The summed E-state index contributed by atoms with van der Waals surface area (Å²) in [4.78, 5) is 40.3. The molecule has 0 unspecified atom stereocenters. The van der Waals surface area contributed by atoms with E-state index < -0.39 is 6.04 Å². The zero-order valence-corrected chi connectivity index (χ0v) is 21.2. The van der Waals surface area contributed by atoms with E-state index in [1.54, 1.807) is 49.0 Å². The molecule has 5 atom stereocenters. The van der Waals surface area contributed by atoms with E-state index in [0.717, 1.165) is 16.8 Å². The third-order valence-corrected chi connectivity index (χ3v) is 7.69. The van der Waals surface area contributed by atoms with Crippen molar-refractivity contribution in [3.63, 3.8) is 0 Å². The lowest BCUT2D eigenvalue weighted by molar-refractivity contribution is -0.125. The van der Waals surface area contributed by atoms with Gasteiger partial charge in [0, 0.05) is 55.9 Å². The number of fused-ring (bicyclic) bond motifs is 3. The molecule has 1 saturated heterocycles. The fourth-order valence-corrected chi connectivity index (χ4v) is 5.65. The first-order valence-corrected chi connectivity index (χ1v) is 12.6. The van der Waals surface area contributed by atoms with E-state index in [-0.39, 0.29) is 47.9 Å². The molecule has 3 aromatic rings. The molecular weight excluding hydrogens is 468 g/mol. The van der Waals surface area contributed by atoms with Crippen LogP contribution in [0.3, 0.4) is 0 Å². The largest absolute Gasteiger partial charge is 0.396 e. The second-order valence-electron chi connectivity index (χ2n) is 10.1. The van der Waals surface area contributed by atoms with Gasteiger partial charge in [-0.3, -0.25) is 19.7 Å². The highest BCUT2D eigenvalue weighted by molar-refractivity contribution is 5.94. The number of carbonyl (C=O) groups is 2. The van der Waals surface area contributed by atoms with Crippen LogP contribution in [0.4, 0.5) is 0 Å². The Morgan fingerprint density at radius 3 is 2.43 bits per heavy atom. The van der Waals surface area contributed by atoms with Crippen molar-refractivity contribution >= 4 is 11.8 Å². The maximum Gasteiger partial charge on any atom is 0.258 e. The number of hydrogen-bond acceptors (Lipinski definition) is 5. The van der Waals surface area contributed by atoms with Crippen LogP contribution in [0.2, 0.25) is 0 Å². The molecule has 2 aliphatic rings. The van der Waals surface area contributed by atoms with Crippen molar-refractivity contribution in [1.82, 2.24) is 20.1 Å². The summed E-state index contributed by atoms with van der Waals surface area (Å²) in [5.41, 5.74) is 3.58. The van der Waals surface area contributed by atoms with Crippen LogP contribution in [0.1, 0.15) is 40.6 Å². The molecule has 3 N–H and O–H groups in total. The van der Waals surface area contributed by atoms with Gasteiger partial charge in [-0.1, -0.05) is 42.5 Å². The Bertz CT molecular complexity index is 1370. The van der Waals surface area contributed by atoms with Crippen LogP contribution in [0, 0.1) is 11.8 Å². The van der Waals surface area contributed by atoms with Crippen molar-refractivity contribution < 1.29 is 14.7 Å². The van der Waals surface area contributed by atoms with Gasteiger partial charge in [0.05, 0.1) is 18.1 Å². The molecule has 1 aromatic heterocycles. The van der Waals surface area contributed by atoms with E-state index in [2.05, 4.69) is 10.6 Å². The zero-order valence-electron chi connectivity index (χ0n) is 21.2. The maximum atomic E-state index is 13.5. The molecule has 2 aliphatic heterocycles. The SMILES string of the molecule is C[C@H](NC(=O)[C@H]1N[C@H]2c3ccc(-c4ccc(C(=O)N(C)C)cc4)c(=O)n3C[C@H]2[C@@H]1CO)c1ccccc1. The Morgan fingerprint density at radius 2 is 1.78 bits per heavy atom.